The molecule has 2 amide bonds. The highest BCUT2D eigenvalue weighted by molar-refractivity contribution is 7.98. The van der Waals surface area contributed by atoms with Crippen molar-refractivity contribution in [2.75, 3.05) is 24.8 Å². The zero-order valence-electron chi connectivity index (χ0n) is 15.9. The number of aliphatic hydroxyl groups is 3. The third-order valence-electron chi connectivity index (χ3n) is 4.54. The quantitative estimate of drug-likeness (QED) is 0.220. The second-order valence-electron chi connectivity index (χ2n) is 6.52. The maximum absolute atomic E-state index is 12.3. The first-order valence-electron chi connectivity index (χ1n) is 9.02. The molecule has 14 heteroatoms. The van der Waals surface area contributed by atoms with Crippen molar-refractivity contribution >= 4 is 40.7 Å². The summed E-state index contributed by atoms with van der Waals surface area (Å²) in [6.45, 7) is -0.933. The van der Waals surface area contributed by atoms with E-state index in [1.807, 2.05) is 0 Å². The molecule has 1 saturated heterocycles. The molecule has 3 rings (SSSR count). The second kappa shape index (κ2) is 9.53. The molecule has 2 aromatic heterocycles. The summed E-state index contributed by atoms with van der Waals surface area (Å²) >= 11 is 1.23. The monoisotopic (exact) mass is 442 g/mol. The number of hydrogen-bond donors (Lipinski definition) is 6. The molecule has 1 aliphatic heterocycles. The highest BCUT2D eigenvalue weighted by Gasteiger charge is 2.30. The van der Waals surface area contributed by atoms with Crippen LogP contribution < -0.4 is 10.6 Å². The van der Waals surface area contributed by atoms with Crippen molar-refractivity contribution in [3.05, 3.63) is 6.33 Å². The zero-order chi connectivity index (χ0) is 21.8. The second-order valence-corrected chi connectivity index (χ2v) is 7.29. The van der Waals surface area contributed by atoms with Crippen LogP contribution in [0, 0.1) is 0 Å². The fourth-order valence-electron chi connectivity index (χ4n) is 3.02. The molecule has 164 valence electrons. The summed E-state index contributed by atoms with van der Waals surface area (Å²) in [6.07, 6.45) is 2.23. The van der Waals surface area contributed by atoms with E-state index in [0.29, 0.717) is 23.6 Å². The number of amides is 2. The van der Waals surface area contributed by atoms with E-state index in [1.54, 1.807) is 10.8 Å². The van der Waals surface area contributed by atoms with E-state index in [1.165, 1.54) is 18.1 Å². The lowest BCUT2D eigenvalue weighted by atomic mass is 10.2. The Balaban J connectivity index is 1.87. The van der Waals surface area contributed by atoms with E-state index < -0.39 is 30.8 Å². The van der Waals surface area contributed by atoms with Crippen LogP contribution in [-0.2, 0) is 9.53 Å². The van der Waals surface area contributed by atoms with Crippen molar-refractivity contribution in [3.63, 3.8) is 0 Å². The first kappa shape index (κ1) is 22.2. The maximum atomic E-state index is 12.3. The minimum absolute atomic E-state index is 0.0416. The van der Waals surface area contributed by atoms with Gasteiger partial charge in [0.25, 0.3) is 0 Å². The number of anilines is 1. The van der Waals surface area contributed by atoms with E-state index in [-0.39, 0.29) is 30.3 Å². The number of carboxylic acid groups (broad SMARTS) is 1. The number of fused-ring (bicyclic) bond motifs is 1. The number of nitrogens with one attached hydrogen (secondary N) is 2. The maximum Gasteiger partial charge on any atom is 0.329 e. The Morgan fingerprint density at radius 2 is 2.13 bits per heavy atom. The van der Waals surface area contributed by atoms with Crippen LogP contribution in [-0.4, -0.2) is 89.7 Å². The Morgan fingerprint density at radius 1 is 1.37 bits per heavy atom. The number of imidazole rings is 1. The number of aliphatic hydroxyl groups excluding tert-OH is 3. The molecule has 0 saturated carbocycles. The molecule has 0 spiro atoms. The van der Waals surface area contributed by atoms with Crippen molar-refractivity contribution in [1.29, 1.82) is 0 Å². The van der Waals surface area contributed by atoms with Crippen LogP contribution in [0.4, 0.5) is 10.6 Å². The van der Waals surface area contributed by atoms with E-state index in [9.17, 15) is 19.8 Å². The van der Waals surface area contributed by atoms with Crippen LogP contribution in [0.25, 0.3) is 11.2 Å². The Hall–Kier alpha value is -2.52. The predicted octanol–water partition coefficient (Wildman–Crippen LogP) is -0.854. The lowest BCUT2D eigenvalue weighted by Crippen LogP contribution is -2.51. The van der Waals surface area contributed by atoms with Crippen LogP contribution >= 0.6 is 11.8 Å². The molecule has 0 aliphatic carbocycles. The van der Waals surface area contributed by atoms with Gasteiger partial charge in [-0.2, -0.15) is 0 Å². The molecule has 3 unspecified atom stereocenters. The average molecular weight is 442 g/mol. The summed E-state index contributed by atoms with van der Waals surface area (Å²) in [6, 6.07) is -2.67. The summed E-state index contributed by atoms with van der Waals surface area (Å²) in [7, 11) is 0. The van der Waals surface area contributed by atoms with Gasteiger partial charge in [0, 0.05) is 0 Å². The number of nitrogens with zero attached hydrogens (tertiary/aromatic N) is 4. The molecule has 4 atom stereocenters. The minimum atomic E-state index is -1.72. The van der Waals surface area contributed by atoms with Crippen LogP contribution in [0.1, 0.15) is 19.1 Å². The Bertz CT molecular complexity index is 925. The lowest BCUT2D eigenvalue weighted by Gasteiger charge is -2.19. The van der Waals surface area contributed by atoms with Gasteiger partial charge < -0.3 is 30.5 Å². The number of carboxylic acids is 1. The molecule has 0 aromatic carbocycles. The average Bonchev–Trinajstić information content (AvgIpc) is 3.37. The smallest absolute Gasteiger partial charge is 0.329 e. The van der Waals surface area contributed by atoms with Crippen LogP contribution in [0.2, 0.25) is 0 Å². The zero-order valence-corrected chi connectivity index (χ0v) is 16.7. The Kier molecular flexibility index (Phi) is 7.04. The molecule has 30 heavy (non-hydrogen) atoms. The fourth-order valence-corrected chi connectivity index (χ4v) is 3.38. The highest BCUT2D eigenvalue weighted by atomic mass is 32.2. The van der Waals surface area contributed by atoms with Gasteiger partial charge >= 0.3 is 12.0 Å². The molecule has 2 aromatic rings. The summed E-state index contributed by atoms with van der Waals surface area (Å²) < 4.78 is 7.45. The van der Waals surface area contributed by atoms with Crippen molar-refractivity contribution < 1.29 is 34.8 Å². The number of aliphatic carboxylic acids is 1. The molecule has 0 radical (unpaired) electrons. The van der Waals surface area contributed by atoms with Gasteiger partial charge in [-0.3, -0.25) is 9.88 Å². The van der Waals surface area contributed by atoms with Gasteiger partial charge in [-0.15, -0.1) is 0 Å². The van der Waals surface area contributed by atoms with Crippen molar-refractivity contribution in [2.24, 2.45) is 0 Å². The van der Waals surface area contributed by atoms with Crippen molar-refractivity contribution in [2.45, 2.75) is 42.5 Å². The minimum Gasteiger partial charge on any atom is -0.480 e. The number of urea groups is 1. The van der Waals surface area contributed by atoms with Gasteiger partial charge in [-0.1, -0.05) is 11.8 Å². The Morgan fingerprint density at radius 3 is 2.73 bits per heavy atom. The summed E-state index contributed by atoms with van der Waals surface area (Å²) in [4.78, 5) is 36.4. The van der Waals surface area contributed by atoms with Gasteiger partial charge in [0.05, 0.1) is 25.6 Å². The highest BCUT2D eigenvalue weighted by Crippen LogP contribution is 2.32. The molecular weight excluding hydrogens is 420 g/mol. The molecule has 1 aliphatic rings. The molecule has 0 bridgehead atoms. The number of thioether (sulfide) groups is 1. The van der Waals surface area contributed by atoms with E-state index >= 15 is 0 Å². The van der Waals surface area contributed by atoms with Crippen molar-refractivity contribution in [3.8, 4) is 0 Å². The third-order valence-corrected chi connectivity index (χ3v) is 5.09. The summed E-state index contributed by atoms with van der Waals surface area (Å²) in [5, 5.41) is 41.8. The predicted molar refractivity (Wildman–Crippen MR) is 104 cm³/mol. The third kappa shape index (κ3) is 4.62. The van der Waals surface area contributed by atoms with Gasteiger partial charge in [0.2, 0.25) is 0 Å². The van der Waals surface area contributed by atoms with Gasteiger partial charge in [0.15, 0.2) is 28.2 Å². The summed E-state index contributed by atoms with van der Waals surface area (Å²) in [5.74, 6) is -1.47. The molecule has 13 nitrogen and oxygen atoms in total. The van der Waals surface area contributed by atoms with Gasteiger partial charge in [0.1, 0.15) is 12.3 Å². The van der Waals surface area contributed by atoms with Crippen LogP contribution in [0.3, 0.4) is 0 Å². The first-order chi connectivity index (χ1) is 14.4. The number of rotatable bonds is 8. The first-order valence-corrected chi connectivity index (χ1v) is 10.2. The molecule has 3 heterocycles. The standard InChI is InChI=1S/C16H22N6O7S/c1-30-16-20-12(19-15(28)18-10(14(26)27)8(25)5-24)11-13(21-16)22(6-17-11)9-3-2-7(4-23)29-9/h6-10,23-25H,2-5H2,1H3,(H,26,27)(H2,18,19,20,21,28)/t7-,8?,9?,10?/m0/s1. The SMILES string of the molecule is CSc1nc(NC(=O)NC(C(=O)O)C(O)CO)c2ncn(C3CC[C@@H](CO)O3)c2n1. The van der Waals surface area contributed by atoms with E-state index in [4.69, 9.17) is 14.9 Å². The van der Waals surface area contributed by atoms with Crippen LogP contribution in [0.15, 0.2) is 11.5 Å². The normalized spacial score (nSPS) is 20.8. The lowest BCUT2D eigenvalue weighted by molar-refractivity contribution is -0.142. The molecule has 6 N–H and O–H groups in total. The largest absolute Gasteiger partial charge is 0.480 e. The van der Waals surface area contributed by atoms with E-state index in [2.05, 4.69) is 25.6 Å². The molecule has 1 fully saturated rings. The number of ether oxygens (including phenoxy) is 1. The number of aromatic nitrogens is 4. The van der Waals surface area contributed by atoms with Gasteiger partial charge in [-0.25, -0.2) is 24.5 Å². The number of carbonyl (C=O) groups excluding carboxylic acids is 1. The van der Waals surface area contributed by atoms with Crippen molar-refractivity contribution in [1.82, 2.24) is 24.8 Å². The molecular formula is C16H22N6O7S. The fraction of sp³-hybridized carbons (Fsp3) is 0.562. The topological polar surface area (TPSA) is 192 Å². The Labute approximate surface area is 174 Å². The number of hydrogen-bond acceptors (Lipinski definition) is 10. The summed E-state index contributed by atoms with van der Waals surface area (Å²) in [5.41, 5.74) is 0.659. The van der Waals surface area contributed by atoms with Crippen LogP contribution in [0.5, 0.6) is 0 Å². The van der Waals surface area contributed by atoms with Gasteiger partial charge in [-0.05, 0) is 19.1 Å². The number of carbonyl (C=O) groups is 2. The van der Waals surface area contributed by atoms with E-state index in [0.717, 1.165) is 0 Å².